The summed E-state index contributed by atoms with van der Waals surface area (Å²) in [6.45, 7) is 6.71. The number of para-hydroxylation sites is 1. The first-order chi connectivity index (χ1) is 13.0. The number of nitrogens with one attached hydrogen (secondary N) is 1. The van der Waals surface area contributed by atoms with Gasteiger partial charge in [-0.2, -0.15) is 0 Å². The normalized spacial score (nSPS) is 10.6. The molecule has 0 fully saturated rings. The number of carbonyl (C=O) groups is 2. The van der Waals surface area contributed by atoms with Gasteiger partial charge in [0.1, 0.15) is 0 Å². The minimum absolute atomic E-state index is 0.389. The maximum atomic E-state index is 12.7. The highest BCUT2D eigenvalue weighted by Crippen LogP contribution is 2.17. The average Bonchev–Trinajstić information content (AvgIpc) is 3.12. The number of amides is 1. The molecule has 1 amide bonds. The number of aromatic nitrogens is 1. The van der Waals surface area contributed by atoms with Crippen LogP contribution in [0.2, 0.25) is 0 Å². The van der Waals surface area contributed by atoms with Crippen molar-refractivity contribution in [1.29, 1.82) is 0 Å². The highest BCUT2D eigenvalue weighted by atomic mass is 16.2. The summed E-state index contributed by atoms with van der Waals surface area (Å²) in [4.78, 5) is 25.2. The lowest BCUT2D eigenvalue weighted by Crippen LogP contribution is -2.25. The number of hydrogen-bond acceptors (Lipinski definition) is 2. The molecule has 4 heteroatoms. The van der Waals surface area contributed by atoms with Crippen LogP contribution in [-0.4, -0.2) is 16.3 Å². The summed E-state index contributed by atoms with van der Waals surface area (Å²) in [6.07, 6.45) is 2.61. The Bertz CT molecular complexity index is 986. The molecule has 2 aromatic carbocycles. The SMILES string of the molecule is CCc1ccccc1NC(=O)C(=O)c1cccn1Cc1ccc(C)c(C)c1. The van der Waals surface area contributed by atoms with Gasteiger partial charge in [-0.05, 0) is 60.7 Å². The van der Waals surface area contributed by atoms with Crippen molar-refractivity contribution in [2.24, 2.45) is 0 Å². The summed E-state index contributed by atoms with van der Waals surface area (Å²) in [5.74, 6) is -1.15. The summed E-state index contributed by atoms with van der Waals surface area (Å²) in [6, 6.07) is 17.3. The van der Waals surface area contributed by atoms with Gasteiger partial charge in [-0.15, -0.1) is 0 Å². The molecule has 0 aliphatic carbocycles. The van der Waals surface area contributed by atoms with E-state index in [4.69, 9.17) is 0 Å². The summed E-state index contributed by atoms with van der Waals surface area (Å²) < 4.78 is 1.82. The molecule has 0 unspecified atom stereocenters. The van der Waals surface area contributed by atoms with E-state index in [0.717, 1.165) is 17.5 Å². The maximum absolute atomic E-state index is 12.7. The fourth-order valence-electron chi connectivity index (χ4n) is 3.10. The smallest absolute Gasteiger partial charge is 0.298 e. The number of anilines is 1. The minimum atomic E-state index is -0.615. The van der Waals surface area contributed by atoms with Crippen LogP contribution in [0.3, 0.4) is 0 Å². The van der Waals surface area contributed by atoms with Crippen molar-refractivity contribution in [2.75, 3.05) is 5.32 Å². The average molecular weight is 360 g/mol. The van der Waals surface area contributed by atoms with Crippen LogP contribution in [0.5, 0.6) is 0 Å². The number of benzene rings is 2. The second-order valence-corrected chi connectivity index (χ2v) is 6.73. The third-order valence-corrected chi connectivity index (χ3v) is 4.84. The molecule has 3 aromatic rings. The van der Waals surface area contributed by atoms with E-state index in [0.29, 0.717) is 17.9 Å². The predicted octanol–water partition coefficient (Wildman–Crippen LogP) is 4.54. The molecule has 0 radical (unpaired) electrons. The Morgan fingerprint density at radius 2 is 1.74 bits per heavy atom. The van der Waals surface area contributed by atoms with Gasteiger partial charge in [0.2, 0.25) is 0 Å². The Balaban J connectivity index is 1.78. The molecule has 3 rings (SSSR count). The summed E-state index contributed by atoms with van der Waals surface area (Å²) in [5.41, 5.74) is 5.62. The molecular weight excluding hydrogens is 336 g/mol. The van der Waals surface area contributed by atoms with Gasteiger partial charge < -0.3 is 9.88 Å². The van der Waals surface area contributed by atoms with Crippen LogP contribution in [0.4, 0.5) is 5.69 Å². The molecule has 0 saturated heterocycles. The molecule has 1 heterocycles. The maximum Gasteiger partial charge on any atom is 0.298 e. The lowest BCUT2D eigenvalue weighted by Gasteiger charge is -2.12. The van der Waals surface area contributed by atoms with Crippen molar-refractivity contribution >= 4 is 17.4 Å². The molecule has 0 aliphatic rings. The van der Waals surface area contributed by atoms with Crippen molar-refractivity contribution in [3.05, 3.63) is 88.7 Å². The van der Waals surface area contributed by atoms with Gasteiger partial charge in [-0.25, -0.2) is 0 Å². The Morgan fingerprint density at radius 1 is 0.963 bits per heavy atom. The van der Waals surface area contributed by atoms with E-state index in [1.807, 2.05) is 48.0 Å². The summed E-state index contributed by atoms with van der Waals surface area (Å²) in [7, 11) is 0. The number of rotatable bonds is 6. The van der Waals surface area contributed by atoms with E-state index in [1.165, 1.54) is 11.1 Å². The van der Waals surface area contributed by atoms with Crippen LogP contribution in [0, 0.1) is 13.8 Å². The van der Waals surface area contributed by atoms with E-state index in [1.54, 1.807) is 12.1 Å². The van der Waals surface area contributed by atoms with Gasteiger partial charge in [0.15, 0.2) is 0 Å². The van der Waals surface area contributed by atoms with Crippen molar-refractivity contribution in [1.82, 2.24) is 4.57 Å². The molecule has 0 bridgehead atoms. The third-order valence-electron chi connectivity index (χ3n) is 4.84. The third kappa shape index (κ3) is 4.17. The number of carbonyl (C=O) groups excluding carboxylic acids is 2. The Hall–Kier alpha value is -3.14. The van der Waals surface area contributed by atoms with E-state index >= 15 is 0 Å². The number of hydrogen-bond donors (Lipinski definition) is 1. The molecule has 138 valence electrons. The fourth-order valence-corrected chi connectivity index (χ4v) is 3.10. The lowest BCUT2D eigenvalue weighted by atomic mass is 10.1. The van der Waals surface area contributed by atoms with Gasteiger partial charge in [0.25, 0.3) is 11.7 Å². The van der Waals surface area contributed by atoms with Crippen molar-refractivity contribution in [3.63, 3.8) is 0 Å². The molecule has 0 spiro atoms. The van der Waals surface area contributed by atoms with E-state index < -0.39 is 11.7 Å². The zero-order valence-corrected chi connectivity index (χ0v) is 16.0. The number of nitrogens with zero attached hydrogens (tertiary/aromatic N) is 1. The highest BCUT2D eigenvalue weighted by molar-refractivity contribution is 6.46. The highest BCUT2D eigenvalue weighted by Gasteiger charge is 2.20. The van der Waals surface area contributed by atoms with Crippen molar-refractivity contribution in [2.45, 2.75) is 33.7 Å². The monoisotopic (exact) mass is 360 g/mol. The van der Waals surface area contributed by atoms with Crippen molar-refractivity contribution < 1.29 is 9.59 Å². The molecule has 4 nitrogen and oxygen atoms in total. The van der Waals surface area contributed by atoms with Gasteiger partial charge in [-0.1, -0.05) is 43.3 Å². The largest absolute Gasteiger partial charge is 0.340 e. The van der Waals surface area contributed by atoms with Crippen molar-refractivity contribution in [3.8, 4) is 0 Å². The summed E-state index contributed by atoms with van der Waals surface area (Å²) >= 11 is 0. The Kier molecular flexibility index (Phi) is 5.55. The van der Waals surface area contributed by atoms with E-state index in [9.17, 15) is 9.59 Å². The van der Waals surface area contributed by atoms with Gasteiger partial charge >= 0.3 is 0 Å². The second kappa shape index (κ2) is 8.04. The van der Waals surface area contributed by atoms with Gasteiger partial charge in [0.05, 0.1) is 5.69 Å². The minimum Gasteiger partial charge on any atom is -0.340 e. The van der Waals surface area contributed by atoms with E-state index in [2.05, 4.69) is 31.3 Å². The molecular formula is C23H24N2O2. The number of aryl methyl sites for hydroxylation is 3. The van der Waals surface area contributed by atoms with Crippen LogP contribution >= 0.6 is 0 Å². The predicted molar refractivity (Wildman–Crippen MR) is 108 cm³/mol. The fraction of sp³-hybridized carbons (Fsp3) is 0.217. The number of Topliss-reactive ketones (excluding diaryl/α,β-unsaturated/α-hetero) is 1. The first-order valence-electron chi connectivity index (χ1n) is 9.14. The molecule has 0 atom stereocenters. The van der Waals surface area contributed by atoms with Crippen LogP contribution in [0.25, 0.3) is 0 Å². The van der Waals surface area contributed by atoms with Crippen LogP contribution in [0.1, 0.15) is 39.7 Å². The van der Waals surface area contributed by atoms with E-state index in [-0.39, 0.29) is 0 Å². The molecule has 0 aliphatic heterocycles. The van der Waals surface area contributed by atoms with Crippen LogP contribution in [0.15, 0.2) is 60.8 Å². The molecule has 27 heavy (non-hydrogen) atoms. The number of ketones is 1. The molecule has 0 saturated carbocycles. The first-order valence-corrected chi connectivity index (χ1v) is 9.14. The topological polar surface area (TPSA) is 51.1 Å². The van der Waals surface area contributed by atoms with Gasteiger partial charge in [-0.3, -0.25) is 9.59 Å². The summed E-state index contributed by atoms with van der Waals surface area (Å²) in [5, 5.41) is 2.76. The standard InChI is InChI=1S/C23H24N2O2/c1-4-19-8-5-6-9-20(19)24-23(27)22(26)21-10-7-13-25(21)15-18-12-11-16(2)17(3)14-18/h5-14H,4,15H2,1-3H3,(H,24,27). The van der Waals surface area contributed by atoms with Crippen LogP contribution < -0.4 is 5.32 Å². The lowest BCUT2D eigenvalue weighted by molar-refractivity contribution is -0.112. The quantitative estimate of drug-likeness (QED) is 0.518. The molecule has 1 aromatic heterocycles. The zero-order chi connectivity index (χ0) is 19.4. The first kappa shape index (κ1) is 18.6. The van der Waals surface area contributed by atoms with Crippen LogP contribution in [-0.2, 0) is 17.8 Å². The Morgan fingerprint density at radius 3 is 2.48 bits per heavy atom. The van der Waals surface area contributed by atoms with Gasteiger partial charge in [0, 0.05) is 18.4 Å². The molecule has 1 N–H and O–H groups in total. The Labute approximate surface area is 159 Å². The zero-order valence-electron chi connectivity index (χ0n) is 16.0. The second-order valence-electron chi connectivity index (χ2n) is 6.73.